The van der Waals surface area contributed by atoms with Crippen molar-refractivity contribution in [2.75, 3.05) is 44.2 Å². The van der Waals surface area contributed by atoms with Gasteiger partial charge in [-0.15, -0.1) is 0 Å². The van der Waals surface area contributed by atoms with Crippen molar-refractivity contribution in [1.82, 2.24) is 4.90 Å². The zero-order valence-electron chi connectivity index (χ0n) is 17.0. The summed E-state index contributed by atoms with van der Waals surface area (Å²) in [6.45, 7) is 10.6. The van der Waals surface area contributed by atoms with E-state index in [0.29, 0.717) is 0 Å². The van der Waals surface area contributed by atoms with E-state index >= 15 is 0 Å². The minimum absolute atomic E-state index is 0.742. The Hall–Kier alpha value is -2.46. The summed E-state index contributed by atoms with van der Waals surface area (Å²) in [6.07, 6.45) is 5.76. The fraction of sp³-hybridized carbons (Fsp3) is 0.417. The average Bonchev–Trinajstić information content (AvgIpc) is 2.73. The summed E-state index contributed by atoms with van der Waals surface area (Å²) in [5.74, 6) is 1.82. The lowest BCUT2D eigenvalue weighted by molar-refractivity contribution is 0.224. The number of hydrogen-bond acceptors (Lipinski definition) is 4. The van der Waals surface area contributed by atoms with E-state index in [1.54, 1.807) is 6.26 Å². The van der Waals surface area contributed by atoms with Crippen LogP contribution >= 0.6 is 0 Å². The van der Waals surface area contributed by atoms with E-state index in [1.807, 2.05) is 18.2 Å². The molecular formula is C24H30N2O2. The molecule has 0 unspecified atom stereocenters. The molecule has 2 aromatic rings. The third-order valence-corrected chi connectivity index (χ3v) is 5.78. The van der Waals surface area contributed by atoms with E-state index in [1.165, 1.54) is 22.4 Å². The zero-order chi connectivity index (χ0) is 19.3. The molecule has 0 saturated carbocycles. The predicted molar refractivity (Wildman–Crippen MR) is 115 cm³/mol. The molecule has 0 aromatic heterocycles. The first-order valence-electron chi connectivity index (χ1n) is 10.3. The second kappa shape index (κ2) is 8.70. The van der Waals surface area contributed by atoms with Gasteiger partial charge in [-0.3, -0.25) is 4.90 Å². The molecule has 28 heavy (non-hydrogen) atoms. The number of fused-ring (bicyclic) bond motifs is 1. The number of piperazine rings is 1. The molecule has 4 rings (SSSR count). The lowest BCUT2D eigenvalue weighted by Gasteiger charge is -2.36. The summed E-state index contributed by atoms with van der Waals surface area (Å²) in [6, 6.07) is 12.9. The Morgan fingerprint density at radius 1 is 0.964 bits per heavy atom. The van der Waals surface area contributed by atoms with Crippen LogP contribution in [0.3, 0.4) is 0 Å². The highest BCUT2D eigenvalue weighted by atomic mass is 16.5. The Morgan fingerprint density at radius 2 is 1.82 bits per heavy atom. The molecule has 0 radical (unpaired) electrons. The van der Waals surface area contributed by atoms with Crippen LogP contribution in [0.15, 0.2) is 48.7 Å². The minimum atomic E-state index is 0.742. The van der Waals surface area contributed by atoms with Crippen LogP contribution in [0.2, 0.25) is 0 Å². The Morgan fingerprint density at radius 3 is 2.64 bits per heavy atom. The van der Waals surface area contributed by atoms with Gasteiger partial charge in [-0.25, -0.2) is 0 Å². The molecule has 0 aliphatic carbocycles. The fourth-order valence-electron chi connectivity index (χ4n) is 3.83. The van der Waals surface area contributed by atoms with Gasteiger partial charge < -0.3 is 14.4 Å². The quantitative estimate of drug-likeness (QED) is 0.698. The maximum atomic E-state index is 5.94. The smallest absolute Gasteiger partial charge is 0.133 e. The van der Waals surface area contributed by atoms with Gasteiger partial charge in [0.2, 0.25) is 0 Å². The minimum Gasteiger partial charge on any atom is -0.493 e. The van der Waals surface area contributed by atoms with Gasteiger partial charge in [0.05, 0.1) is 12.9 Å². The van der Waals surface area contributed by atoms with Crippen molar-refractivity contribution >= 4 is 5.69 Å². The first-order valence-corrected chi connectivity index (χ1v) is 10.3. The van der Waals surface area contributed by atoms with Crippen LogP contribution in [-0.2, 0) is 6.42 Å². The molecule has 2 aromatic carbocycles. The summed E-state index contributed by atoms with van der Waals surface area (Å²) in [5, 5.41) is 0. The first kappa shape index (κ1) is 18.9. The van der Waals surface area contributed by atoms with Crippen LogP contribution in [0.1, 0.15) is 23.1 Å². The predicted octanol–water partition coefficient (Wildman–Crippen LogP) is 4.34. The third kappa shape index (κ3) is 4.50. The van der Waals surface area contributed by atoms with Crippen molar-refractivity contribution in [3.05, 3.63) is 65.4 Å². The van der Waals surface area contributed by atoms with Gasteiger partial charge in [-0.2, -0.15) is 0 Å². The molecule has 0 bridgehead atoms. The van der Waals surface area contributed by atoms with Crippen molar-refractivity contribution in [3.63, 3.8) is 0 Å². The third-order valence-electron chi connectivity index (χ3n) is 5.78. The van der Waals surface area contributed by atoms with Gasteiger partial charge in [0.1, 0.15) is 11.5 Å². The summed E-state index contributed by atoms with van der Waals surface area (Å²) in [4.78, 5) is 5.04. The SMILES string of the molecule is Cc1ccc(N2CCN(CCCOc3ccc4c(c3)OC=CC4)CC2)cc1C. The maximum Gasteiger partial charge on any atom is 0.133 e. The van der Waals surface area contributed by atoms with Crippen LogP contribution in [0.25, 0.3) is 0 Å². The lowest BCUT2D eigenvalue weighted by Crippen LogP contribution is -2.46. The normalized spacial score (nSPS) is 16.6. The van der Waals surface area contributed by atoms with E-state index < -0.39 is 0 Å². The Bertz CT molecular complexity index is 838. The van der Waals surface area contributed by atoms with Crippen molar-refractivity contribution < 1.29 is 9.47 Å². The van der Waals surface area contributed by atoms with Crippen LogP contribution in [0.5, 0.6) is 11.5 Å². The summed E-state index contributed by atoms with van der Waals surface area (Å²) < 4.78 is 11.5. The summed E-state index contributed by atoms with van der Waals surface area (Å²) >= 11 is 0. The van der Waals surface area contributed by atoms with Gasteiger partial charge in [-0.05, 0) is 67.7 Å². The topological polar surface area (TPSA) is 24.9 Å². The number of nitrogens with zero attached hydrogens (tertiary/aromatic N) is 2. The molecule has 4 heteroatoms. The van der Waals surface area contributed by atoms with E-state index in [9.17, 15) is 0 Å². The summed E-state index contributed by atoms with van der Waals surface area (Å²) in [5.41, 5.74) is 5.32. The van der Waals surface area contributed by atoms with Gasteiger partial charge in [0, 0.05) is 44.5 Å². The van der Waals surface area contributed by atoms with Crippen LogP contribution in [0.4, 0.5) is 5.69 Å². The monoisotopic (exact) mass is 378 g/mol. The van der Waals surface area contributed by atoms with Crippen molar-refractivity contribution in [1.29, 1.82) is 0 Å². The molecule has 0 spiro atoms. The molecule has 1 fully saturated rings. The average molecular weight is 379 g/mol. The summed E-state index contributed by atoms with van der Waals surface area (Å²) in [7, 11) is 0. The highest BCUT2D eigenvalue weighted by molar-refractivity contribution is 5.51. The van der Waals surface area contributed by atoms with Gasteiger partial charge >= 0.3 is 0 Å². The van der Waals surface area contributed by atoms with Crippen LogP contribution in [0, 0.1) is 13.8 Å². The van der Waals surface area contributed by atoms with E-state index in [2.05, 4.69) is 47.9 Å². The zero-order valence-corrected chi connectivity index (χ0v) is 17.0. The Kier molecular flexibility index (Phi) is 5.87. The van der Waals surface area contributed by atoms with Crippen molar-refractivity contribution in [3.8, 4) is 11.5 Å². The number of aryl methyl sites for hydroxylation is 2. The highest BCUT2D eigenvalue weighted by Crippen LogP contribution is 2.28. The molecule has 2 aliphatic rings. The van der Waals surface area contributed by atoms with Crippen molar-refractivity contribution in [2.24, 2.45) is 0 Å². The van der Waals surface area contributed by atoms with Gasteiger partial charge in [-0.1, -0.05) is 12.1 Å². The second-order valence-corrected chi connectivity index (χ2v) is 7.76. The van der Waals surface area contributed by atoms with E-state index in [0.717, 1.165) is 63.7 Å². The number of allylic oxidation sites excluding steroid dienone is 1. The molecular weight excluding hydrogens is 348 g/mol. The van der Waals surface area contributed by atoms with Gasteiger partial charge in [0.15, 0.2) is 0 Å². The largest absolute Gasteiger partial charge is 0.493 e. The van der Waals surface area contributed by atoms with Crippen molar-refractivity contribution in [2.45, 2.75) is 26.7 Å². The molecule has 0 amide bonds. The Labute approximate surface area is 168 Å². The molecule has 2 heterocycles. The lowest BCUT2D eigenvalue weighted by atomic mass is 10.1. The number of anilines is 1. The van der Waals surface area contributed by atoms with Crippen LogP contribution in [-0.4, -0.2) is 44.2 Å². The van der Waals surface area contributed by atoms with Crippen LogP contribution < -0.4 is 14.4 Å². The molecule has 1 saturated heterocycles. The maximum absolute atomic E-state index is 5.94. The highest BCUT2D eigenvalue weighted by Gasteiger charge is 2.17. The molecule has 0 atom stereocenters. The molecule has 0 N–H and O–H groups in total. The number of benzene rings is 2. The number of rotatable bonds is 6. The first-order chi connectivity index (χ1) is 13.7. The fourth-order valence-corrected chi connectivity index (χ4v) is 3.83. The molecule has 148 valence electrons. The van der Waals surface area contributed by atoms with Gasteiger partial charge in [0.25, 0.3) is 0 Å². The standard InChI is InChI=1S/C24H30N2O2/c1-19-6-8-22(17-20(19)2)26-13-11-25(12-14-26)10-4-16-27-23-9-7-21-5-3-15-28-24(21)18-23/h3,6-9,15,17-18H,4-5,10-14,16H2,1-2H3. The van der Waals surface area contributed by atoms with E-state index in [4.69, 9.17) is 9.47 Å². The number of ether oxygens (including phenoxy) is 2. The number of hydrogen-bond donors (Lipinski definition) is 0. The molecule has 2 aliphatic heterocycles. The second-order valence-electron chi connectivity index (χ2n) is 7.76. The Balaban J connectivity index is 1.18. The molecule has 4 nitrogen and oxygen atoms in total. The van der Waals surface area contributed by atoms with E-state index in [-0.39, 0.29) is 0 Å².